The van der Waals surface area contributed by atoms with Crippen LogP contribution in [0, 0.1) is 11.3 Å². The second-order valence-corrected chi connectivity index (χ2v) is 3.16. The number of aromatic nitrogens is 1. The molecule has 1 aromatic heterocycles. The van der Waals surface area contributed by atoms with Gasteiger partial charge >= 0.3 is 0 Å². The lowest BCUT2D eigenvalue weighted by Gasteiger charge is -2.16. The highest BCUT2D eigenvalue weighted by atomic mass is 15.1. The Hall–Kier alpha value is -1.56. The van der Waals surface area contributed by atoms with Crippen LogP contribution >= 0.6 is 0 Å². The lowest BCUT2D eigenvalue weighted by molar-refractivity contribution is 0.936. The van der Waals surface area contributed by atoms with Gasteiger partial charge in [-0.25, -0.2) is 4.98 Å². The highest BCUT2D eigenvalue weighted by Crippen LogP contribution is 2.22. The molecule has 0 radical (unpaired) electrons. The molecule has 1 heterocycles. The highest BCUT2D eigenvalue weighted by molar-refractivity contribution is 5.48. The maximum Gasteiger partial charge on any atom is 0.132 e. The molecule has 1 atom stereocenters. The summed E-state index contributed by atoms with van der Waals surface area (Å²) >= 11 is 0. The van der Waals surface area contributed by atoms with Gasteiger partial charge in [-0.1, -0.05) is 6.07 Å². The SMILES string of the molecule is CC(C#N)c1cccnc1N(C)C. The van der Waals surface area contributed by atoms with Gasteiger partial charge in [-0.15, -0.1) is 0 Å². The van der Waals surface area contributed by atoms with Crippen LogP contribution in [0.25, 0.3) is 0 Å². The van der Waals surface area contributed by atoms with Crippen molar-refractivity contribution in [3.63, 3.8) is 0 Å². The fraction of sp³-hybridized carbons (Fsp3) is 0.400. The number of anilines is 1. The van der Waals surface area contributed by atoms with Crippen LogP contribution in [0.3, 0.4) is 0 Å². The summed E-state index contributed by atoms with van der Waals surface area (Å²) < 4.78 is 0. The van der Waals surface area contributed by atoms with E-state index in [0.29, 0.717) is 0 Å². The van der Waals surface area contributed by atoms with Gasteiger partial charge in [0.15, 0.2) is 0 Å². The fourth-order valence-corrected chi connectivity index (χ4v) is 1.19. The average Bonchev–Trinajstić information content (AvgIpc) is 2.16. The molecule has 68 valence electrons. The summed E-state index contributed by atoms with van der Waals surface area (Å²) in [4.78, 5) is 6.14. The maximum absolute atomic E-state index is 8.80. The summed E-state index contributed by atoms with van der Waals surface area (Å²) in [5.74, 6) is 0.766. The average molecular weight is 175 g/mol. The third-order valence-corrected chi connectivity index (χ3v) is 1.90. The van der Waals surface area contributed by atoms with Crippen molar-refractivity contribution in [2.45, 2.75) is 12.8 Å². The van der Waals surface area contributed by atoms with Crippen molar-refractivity contribution < 1.29 is 0 Å². The van der Waals surface area contributed by atoms with E-state index in [1.807, 2.05) is 38.1 Å². The minimum absolute atomic E-state index is 0.105. The fourth-order valence-electron chi connectivity index (χ4n) is 1.19. The Bertz CT molecular complexity index is 325. The molecule has 0 aliphatic heterocycles. The summed E-state index contributed by atoms with van der Waals surface area (Å²) in [6.45, 7) is 1.88. The summed E-state index contributed by atoms with van der Waals surface area (Å²) in [6.07, 6.45) is 1.74. The van der Waals surface area contributed by atoms with Crippen LogP contribution in [-0.2, 0) is 0 Å². The molecule has 0 aliphatic carbocycles. The first kappa shape index (κ1) is 9.53. The molecule has 0 saturated heterocycles. The first-order valence-electron chi connectivity index (χ1n) is 4.18. The molecule has 1 unspecified atom stereocenters. The Labute approximate surface area is 78.6 Å². The lowest BCUT2D eigenvalue weighted by atomic mass is 10.0. The quantitative estimate of drug-likeness (QED) is 0.687. The molecule has 0 bridgehead atoms. The Morgan fingerprint density at radius 2 is 2.23 bits per heavy atom. The third-order valence-electron chi connectivity index (χ3n) is 1.90. The van der Waals surface area contributed by atoms with Crippen molar-refractivity contribution in [2.75, 3.05) is 19.0 Å². The van der Waals surface area contributed by atoms with Crippen LogP contribution in [0.1, 0.15) is 18.4 Å². The second-order valence-electron chi connectivity index (χ2n) is 3.16. The van der Waals surface area contributed by atoms with Gasteiger partial charge in [0, 0.05) is 25.9 Å². The first-order valence-corrected chi connectivity index (χ1v) is 4.18. The number of nitriles is 1. The van der Waals surface area contributed by atoms with E-state index in [4.69, 9.17) is 5.26 Å². The number of rotatable bonds is 2. The van der Waals surface area contributed by atoms with Crippen LogP contribution < -0.4 is 4.90 Å². The van der Waals surface area contributed by atoms with E-state index in [2.05, 4.69) is 11.1 Å². The third kappa shape index (κ3) is 1.97. The van der Waals surface area contributed by atoms with Gasteiger partial charge in [-0.3, -0.25) is 0 Å². The molecular weight excluding hydrogens is 162 g/mol. The van der Waals surface area contributed by atoms with Crippen LogP contribution in [-0.4, -0.2) is 19.1 Å². The van der Waals surface area contributed by atoms with Gasteiger partial charge in [-0.2, -0.15) is 5.26 Å². The second kappa shape index (κ2) is 3.90. The molecule has 1 rings (SSSR count). The molecule has 0 aliphatic rings. The van der Waals surface area contributed by atoms with E-state index in [1.165, 1.54) is 0 Å². The van der Waals surface area contributed by atoms with E-state index in [9.17, 15) is 0 Å². The molecular formula is C10H13N3. The minimum atomic E-state index is -0.105. The van der Waals surface area contributed by atoms with Gasteiger partial charge in [0.1, 0.15) is 5.82 Å². The van der Waals surface area contributed by atoms with Gasteiger partial charge < -0.3 is 4.90 Å². The van der Waals surface area contributed by atoms with Crippen LogP contribution in [0.15, 0.2) is 18.3 Å². The molecule has 0 N–H and O–H groups in total. The smallest absolute Gasteiger partial charge is 0.132 e. The molecule has 1 aromatic rings. The predicted octanol–water partition coefficient (Wildman–Crippen LogP) is 1.77. The summed E-state index contributed by atoms with van der Waals surface area (Å²) in [7, 11) is 3.85. The molecule has 0 saturated carbocycles. The van der Waals surface area contributed by atoms with Gasteiger partial charge in [0.25, 0.3) is 0 Å². The molecule has 13 heavy (non-hydrogen) atoms. The van der Waals surface area contributed by atoms with Gasteiger partial charge in [0.05, 0.1) is 12.0 Å². The Kier molecular flexibility index (Phi) is 2.86. The zero-order valence-electron chi connectivity index (χ0n) is 8.15. The number of hydrogen-bond donors (Lipinski definition) is 0. The number of pyridine rings is 1. The zero-order valence-corrected chi connectivity index (χ0v) is 8.15. The largest absolute Gasteiger partial charge is 0.362 e. The van der Waals surface area contributed by atoms with E-state index in [1.54, 1.807) is 6.20 Å². The van der Waals surface area contributed by atoms with E-state index in [0.717, 1.165) is 11.4 Å². The van der Waals surface area contributed by atoms with Crippen LogP contribution in [0.4, 0.5) is 5.82 Å². The lowest BCUT2D eigenvalue weighted by Crippen LogP contribution is -2.13. The summed E-state index contributed by atoms with van der Waals surface area (Å²) in [6, 6.07) is 6.01. The maximum atomic E-state index is 8.80. The molecule has 0 fully saturated rings. The monoisotopic (exact) mass is 175 g/mol. The van der Waals surface area contributed by atoms with Crippen molar-refractivity contribution >= 4 is 5.82 Å². The van der Waals surface area contributed by atoms with E-state index in [-0.39, 0.29) is 5.92 Å². The Balaban J connectivity index is 3.13. The van der Waals surface area contributed by atoms with Crippen molar-refractivity contribution in [1.82, 2.24) is 4.98 Å². The normalized spacial score (nSPS) is 11.8. The van der Waals surface area contributed by atoms with Crippen LogP contribution in [0.5, 0.6) is 0 Å². The highest BCUT2D eigenvalue weighted by Gasteiger charge is 2.11. The zero-order chi connectivity index (χ0) is 9.84. The molecule has 3 nitrogen and oxygen atoms in total. The van der Waals surface area contributed by atoms with E-state index >= 15 is 0 Å². The van der Waals surface area contributed by atoms with Gasteiger partial charge in [0.2, 0.25) is 0 Å². The van der Waals surface area contributed by atoms with Crippen molar-refractivity contribution in [1.29, 1.82) is 5.26 Å². The van der Waals surface area contributed by atoms with E-state index < -0.39 is 0 Å². The Morgan fingerprint density at radius 3 is 2.77 bits per heavy atom. The number of nitrogens with zero attached hydrogens (tertiary/aromatic N) is 3. The van der Waals surface area contributed by atoms with Crippen molar-refractivity contribution in [2.24, 2.45) is 0 Å². The van der Waals surface area contributed by atoms with Gasteiger partial charge in [-0.05, 0) is 13.0 Å². The standard InChI is InChI=1S/C10H13N3/c1-8(7-11)9-5-4-6-12-10(9)13(2)3/h4-6,8H,1-3H3. The Morgan fingerprint density at radius 1 is 1.54 bits per heavy atom. The van der Waals surface area contributed by atoms with Crippen molar-refractivity contribution in [3.8, 4) is 6.07 Å². The predicted molar refractivity (Wildman–Crippen MR) is 52.6 cm³/mol. The molecule has 0 amide bonds. The molecule has 0 aromatic carbocycles. The molecule has 3 heteroatoms. The summed E-state index contributed by atoms with van der Waals surface area (Å²) in [5.41, 5.74) is 0.981. The molecule has 0 spiro atoms. The first-order chi connectivity index (χ1) is 6.16. The van der Waals surface area contributed by atoms with Crippen LogP contribution in [0.2, 0.25) is 0 Å². The minimum Gasteiger partial charge on any atom is -0.362 e. The van der Waals surface area contributed by atoms with Crippen molar-refractivity contribution in [3.05, 3.63) is 23.9 Å². The topological polar surface area (TPSA) is 39.9 Å². The number of hydrogen-bond acceptors (Lipinski definition) is 3. The summed E-state index contributed by atoms with van der Waals surface area (Å²) in [5, 5.41) is 8.80.